The van der Waals surface area contributed by atoms with Crippen LogP contribution in [0.15, 0.2) is 65.5 Å². The van der Waals surface area contributed by atoms with Gasteiger partial charge in [-0.2, -0.15) is 0 Å². The average Bonchev–Trinajstić information content (AvgIpc) is 3.36. The van der Waals surface area contributed by atoms with Crippen LogP contribution in [-0.4, -0.2) is 19.8 Å². The van der Waals surface area contributed by atoms with Crippen molar-refractivity contribution in [1.82, 2.24) is 9.55 Å². The summed E-state index contributed by atoms with van der Waals surface area (Å²) in [5.41, 5.74) is 3.99. The summed E-state index contributed by atoms with van der Waals surface area (Å²) >= 11 is 0. The Hall–Kier alpha value is -2.89. The Balaban J connectivity index is 1.47. The number of furan rings is 1. The second-order valence-electron chi connectivity index (χ2n) is 8.01. The fourth-order valence-corrected chi connectivity index (χ4v) is 4.09. The Bertz CT molecular complexity index is 1170. The highest BCUT2D eigenvalue weighted by molar-refractivity contribution is 5.79. The normalized spacial score (nSPS) is 16.9. The lowest BCUT2D eigenvalue weighted by molar-refractivity contribution is 0.0559. The maximum Gasteiger partial charge on any atom is 0.136 e. The van der Waals surface area contributed by atoms with Gasteiger partial charge in [-0.25, -0.2) is 4.98 Å². The Morgan fingerprint density at radius 3 is 2.82 bits per heavy atom. The fraction of sp³-hybridized carbons (Fsp3) is 0.261. The number of aliphatic hydroxyl groups is 2. The van der Waals surface area contributed by atoms with Crippen molar-refractivity contribution in [2.75, 3.05) is 0 Å². The highest BCUT2D eigenvalue weighted by Gasteiger charge is 2.30. The average molecular weight is 374 g/mol. The quantitative estimate of drug-likeness (QED) is 0.550. The predicted octanol–water partition coefficient (Wildman–Crippen LogP) is 4.55. The lowest BCUT2D eigenvalue weighted by Gasteiger charge is -2.19. The van der Waals surface area contributed by atoms with Gasteiger partial charge in [-0.3, -0.25) is 0 Å². The molecule has 0 saturated carbocycles. The van der Waals surface area contributed by atoms with Crippen LogP contribution in [0.5, 0.6) is 0 Å². The van der Waals surface area contributed by atoms with Crippen LogP contribution in [0.4, 0.5) is 0 Å². The van der Waals surface area contributed by atoms with Crippen molar-refractivity contribution < 1.29 is 14.6 Å². The summed E-state index contributed by atoms with van der Waals surface area (Å²) in [6, 6.07) is 15.9. The molecular weight excluding hydrogens is 352 g/mol. The second-order valence-corrected chi connectivity index (χ2v) is 8.01. The maximum absolute atomic E-state index is 11.0. The van der Waals surface area contributed by atoms with Crippen molar-refractivity contribution in [3.05, 3.63) is 77.9 Å². The van der Waals surface area contributed by atoms with Gasteiger partial charge in [0.2, 0.25) is 0 Å². The lowest BCUT2D eigenvalue weighted by atomic mass is 9.95. The summed E-state index contributed by atoms with van der Waals surface area (Å²) in [5.74, 6) is 0.516. The molecule has 2 aromatic heterocycles. The van der Waals surface area contributed by atoms with E-state index in [0.29, 0.717) is 17.8 Å². The number of imidazole rings is 1. The highest BCUT2D eigenvalue weighted by Crippen LogP contribution is 2.43. The monoisotopic (exact) mass is 374 g/mol. The van der Waals surface area contributed by atoms with Crippen LogP contribution in [0.1, 0.15) is 49.3 Å². The molecule has 0 amide bonds. The third-order valence-corrected chi connectivity index (χ3v) is 5.57. The molecular formula is C23H22N2O3. The Morgan fingerprint density at radius 1 is 1.18 bits per heavy atom. The van der Waals surface area contributed by atoms with E-state index in [2.05, 4.69) is 21.7 Å². The minimum atomic E-state index is -1.04. The molecule has 0 bridgehead atoms. The summed E-state index contributed by atoms with van der Waals surface area (Å²) < 4.78 is 7.87. The largest absolute Gasteiger partial charge is 0.458 e. The van der Waals surface area contributed by atoms with E-state index < -0.39 is 11.7 Å². The molecule has 5 heteroatoms. The first-order valence-electron chi connectivity index (χ1n) is 9.47. The molecule has 4 aromatic rings. The number of hydrogen-bond donors (Lipinski definition) is 2. The van der Waals surface area contributed by atoms with E-state index in [4.69, 9.17) is 4.42 Å². The van der Waals surface area contributed by atoms with Crippen molar-refractivity contribution in [3.8, 4) is 11.3 Å². The molecule has 1 aliphatic rings. The molecule has 1 aliphatic heterocycles. The van der Waals surface area contributed by atoms with Gasteiger partial charge in [-0.15, -0.1) is 0 Å². The van der Waals surface area contributed by atoms with E-state index in [9.17, 15) is 10.2 Å². The first kappa shape index (κ1) is 17.2. The zero-order chi connectivity index (χ0) is 19.5. The van der Waals surface area contributed by atoms with Crippen molar-refractivity contribution in [2.45, 2.75) is 38.0 Å². The Kier molecular flexibility index (Phi) is 3.73. The second kappa shape index (κ2) is 6.06. The van der Waals surface area contributed by atoms with Gasteiger partial charge in [0, 0.05) is 17.4 Å². The van der Waals surface area contributed by atoms with E-state index >= 15 is 0 Å². The van der Waals surface area contributed by atoms with Gasteiger partial charge >= 0.3 is 0 Å². The molecule has 0 spiro atoms. The SMILES string of the molecule is CC(C)(O)c1cc2cc(C(O)CC3c4ccccc4-c4cncn43)ccc2o1. The van der Waals surface area contributed by atoms with Gasteiger partial charge in [0.25, 0.3) is 0 Å². The molecule has 5 nitrogen and oxygen atoms in total. The van der Waals surface area contributed by atoms with E-state index in [0.717, 1.165) is 16.6 Å². The van der Waals surface area contributed by atoms with Crippen LogP contribution in [0.25, 0.3) is 22.2 Å². The van der Waals surface area contributed by atoms with E-state index in [-0.39, 0.29) is 6.04 Å². The van der Waals surface area contributed by atoms with Crippen LogP contribution in [0.2, 0.25) is 0 Å². The van der Waals surface area contributed by atoms with Crippen LogP contribution < -0.4 is 0 Å². The van der Waals surface area contributed by atoms with Gasteiger partial charge in [0.1, 0.15) is 16.9 Å². The summed E-state index contributed by atoms with van der Waals surface area (Å²) in [4.78, 5) is 4.28. The third kappa shape index (κ3) is 2.66. The molecule has 28 heavy (non-hydrogen) atoms. The van der Waals surface area contributed by atoms with E-state index in [1.54, 1.807) is 13.8 Å². The highest BCUT2D eigenvalue weighted by atomic mass is 16.4. The Labute approximate surface area is 162 Å². The lowest BCUT2D eigenvalue weighted by Crippen LogP contribution is -2.13. The summed E-state index contributed by atoms with van der Waals surface area (Å²) in [6.07, 6.45) is 3.64. The van der Waals surface area contributed by atoms with Gasteiger partial charge in [-0.1, -0.05) is 30.3 Å². The van der Waals surface area contributed by atoms with Crippen molar-refractivity contribution in [2.24, 2.45) is 0 Å². The molecule has 142 valence electrons. The molecule has 2 aromatic carbocycles. The van der Waals surface area contributed by atoms with E-state index in [1.807, 2.05) is 48.9 Å². The molecule has 2 atom stereocenters. The summed E-state index contributed by atoms with van der Waals surface area (Å²) in [6.45, 7) is 3.39. The zero-order valence-corrected chi connectivity index (χ0v) is 15.8. The number of aromatic nitrogens is 2. The van der Waals surface area contributed by atoms with E-state index in [1.165, 1.54) is 11.1 Å². The van der Waals surface area contributed by atoms with Crippen LogP contribution in [-0.2, 0) is 5.60 Å². The first-order chi connectivity index (χ1) is 13.4. The molecule has 0 radical (unpaired) electrons. The standard InChI is InChI=1S/C23H22N2O3/c1-23(2,27)22-10-15-9-14(7-8-21(15)28-22)20(26)11-18-16-5-3-4-6-17(16)19-12-24-13-25(18)19/h3-10,12-13,18,20,26-27H,11H2,1-2H3. The number of aliphatic hydroxyl groups excluding tert-OH is 1. The number of hydrogen-bond acceptors (Lipinski definition) is 4. The van der Waals surface area contributed by atoms with Gasteiger partial charge in [0.05, 0.1) is 30.4 Å². The van der Waals surface area contributed by atoms with Gasteiger partial charge in [0.15, 0.2) is 0 Å². The zero-order valence-electron chi connectivity index (χ0n) is 15.8. The molecule has 2 N–H and O–H groups in total. The van der Waals surface area contributed by atoms with Crippen LogP contribution in [0.3, 0.4) is 0 Å². The van der Waals surface area contributed by atoms with Crippen LogP contribution in [0, 0.1) is 0 Å². The predicted molar refractivity (Wildman–Crippen MR) is 107 cm³/mol. The van der Waals surface area contributed by atoms with Gasteiger partial charge in [-0.05, 0) is 43.2 Å². The minimum Gasteiger partial charge on any atom is -0.458 e. The molecule has 0 saturated heterocycles. The molecule has 3 heterocycles. The number of fused-ring (bicyclic) bond motifs is 4. The van der Waals surface area contributed by atoms with Crippen molar-refractivity contribution in [1.29, 1.82) is 0 Å². The minimum absolute atomic E-state index is 0.0516. The number of rotatable bonds is 4. The van der Waals surface area contributed by atoms with Crippen molar-refractivity contribution >= 4 is 11.0 Å². The molecule has 2 unspecified atom stereocenters. The fourth-order valence-electron chi connectivity index (χ4n) is 4.09. The number of benzene rings is 2. The summed E-state index contributed by atoms with van der Waals surface area (Å²) in [7, 11) is 0. The van der Waals surface area contributed by atoms with Gasteiger partial charge < -0.3 is 19.2 Å². The van der Waals surface area contributed by atoms with Crippen LogP contribution >= 0.6 is 0 Å². The molecule has 0 aliphatic carbocycles. The topological polar surface area (TPSA) is 71.4 Å². The molecule has 5 rings (SSSR count). The smallest absolute Gasteiger partial charge is 0.136 e. The summed E-state index contributed by atoms with van der Waals surface area (Å²) in [5, 5.41) is 22.0. The number of nitrogens with zero attached hydrogens (tertiary/aromatic N) is 2. The molecule has 0 fully saturated rings. The third-order valence-electron chi connectivity index (χ3n) is 5.57. The Morgan fingerprint density at radius 2 is 2.00 bits per heavy atom. The maximum atomic E-state index is 11.0. The first-order valence-corrected chi connectivity index (χ1v) is 9.47. The van der Waals surface area contributed by atoms with Crippen molar-refractivity contribution in [3.63, 3.8) is 0 Å².